The van der Waals surface area contributed by atoms with Crippen LogP contribution in [0.1, 0.15) is 36.3 Å². The predicted octanol–water partition coefficient (Wildman–Crippen LogP) is 5.19. The van der Waals surface area contributed by atoms with Crippen molar-refractivity contribution in [2.45, 2.75) is 25.2 Å². The van der Waals surface area contributed by atoms with Crippen LogP contribution in [-0.4, -0.2) is 26.2 Å². The average Bonchev–Trinajstić information content (AvgIpc) is 2.81. The van der Waals surface area contributed by atoms with E-state index in [1.807, 2.05) is 36.4 Å². The van der Waals surface area contributed by atoms with E-state index in [4.69, 9.17) is 9.47 Å². The molecular weight excluding hydrogens is 374 g/mol. The van der Waals surface area contributed by atoms with E-state index >= 15 is 0 Å². The number of rotatable bonds is 11. The highest BCUT2D eigenvalue weighted by Crippen LogP contribution is 2.27. The monoisotopic (exact) mass is 403 g/mol. The fourth-order valence-corrected chi connectivity index (χ4v) is 3.44. The van der Waals surface area contributed by atoms with E-state index in [-0.39, 0.29) is 11.8 Å². The number of methoxy groups -OCH3 is 1. The summed E-state index contributed by atoms with van der Waals surface area (Å²) in [5, 5.41) is 3.06. The van der Waals surface area contributed by atoms with Crippen LogP contribution >= 0.6 is 0 Å². The van der Waals surface area contributed by atoms with E-state index in [9.17, 15) is 4.79 Å². The Morgan fingerprint density at radius 3 is 1.97 bits per heavy atom. The fraction of sp³-hybridized carbons (Fsp3) is 0.269. The number of carbonyl (C=O) groups excluding carboxylic acids is 1. The van der Waals surface area contributed by atoms with Gasteiger partial charge in [0.2, 0.25) is 5.91 Å². The van der Waals surface area contributed by atoms with E-state index in [1.54, 1.807) is 7.11 Å². The normalized spacial score (nSPS) is 10.6. The Bertz CT molecular complexity index is 840. The second kappa shape index (κ2) is 11.7. The molecular formula is C26H29NO3. The Kier molecular flexibility index (Phi) is 8.34. The van der Waals surface area contributed by atoms with Gasteiger partial charge < -0.3 is 14.8 Å². The Morgan fingerprint density at radius 1 is 0.833 bits per heavy atom. The first-order valence-electron chi connectivity index (χ1n) is 10.4. The maximum atomic E-state index is 12.2. The van der Waals surface area contributed by atoms with Gasteiger partial charge in [0.05, 0.1) is 13.7 Å². The van der Waals surface area contributed by atoms with Gasteiger partial charge in [0, 0.05) is 18.9 Å². The van der Waals surface area contributed by atoms with Crippen molar-refractivity contribution in [3.05, 3.63) is 96.1 Å². The molecule has 1 amide bonds. The van der Waals surface area contributed by atoms with E-state index in [2.05, 4.69) is 53.8 Å². The van der Waals surface area contributed by atoms with Gasteiger partial charge in [0.1, 0.15) is 11.5 Å². The molecule has 1 N–H and O–H groups in total. The van der Waals surface area contributed by atoms with Crippen molar-refractivity contribution < 1.29 is 14.3 Å². The van der Waals surface area contributed by atoms with Crippen LogP contribution in [-0.2, 0) is 4.79 Å². The number of carbonyl (C=O) groups is 1. The molecule has 3 rings (SSSR count). The van der Waals surface area contributed by atoms with Crippen molar-refractivity contribution in [1.82, 2.24) is 5.32 Å². The molecule has 0 unspecified atom stereocenters. The summed E-state index contributed by atoms with van der Waals surface area (Å²) in [5.74, 6) is 1.91. The minimum Gasteiger partial charge on any atom is -0.497 e. The van der Waals surface area contributed by atoms with Crippen molar-refractivity contribution in [1.29, 1.82) is 0 Å². The van der Waals surface area contributed by atoms with Crippen molar-refractivity contribution in [3.8, 4) is 11.5 Å². The summed E-state index contributed by atoms with van der Waals surface area (Å²) in [6, 6.07) is 28.4. The van der Waals surface area contributed by atoms with Gasteiger partial charge >= 0.3 is 0 Å². The van der Waals surface area contributed by atoms with Crippen molar-refractivity contribution in [3.63, 3.8) is 0 Å². The first-order chi connectivity index (χ1) is 14.8. The van der Waals surface area contributed by atoms with Crippen LogP contribution in [0, 0.1) is 0 Å². The zero-order valence-corrected chi connectivity index (χ0v) is 17.4. The number of nitrogens with one attached hydrogen (secondary N) is 1. The summed E-state index contributed by atoms with van der Waals surface area (Å²) in [6.07, 6.45) is 2.00. The van der Waals surface area contributed by atoms with Crippen molar-refractivity contribution >= 4 is 5.91 Å². The van der Waals surface area contributed by atoms with Gasteiger partial charge in [-0.05, 0) is 48.2 Å². The van der Waals surface area contributed by atoms with Crippen molar-refractivity contribution in [2.24, 2.45) is 0 Å². The minimum absolute atomic E-state index is 0.0632. The van der Waals surface area contributed by atoms with Gasteiger partial charge in [-0.25, -0.2) is 0 Å². The molecule has 0 spiro atoms. The summed E-state index contributed by atoms with van der Waals surface area (Å²) in [4.78, 5) is 12.2. The highest BCUT2D eigenvalue weighted by atomic mass is 16.5. The first-order valence-corrected chi connectivity index (χ1v) is 10.4. The quantitative estimate of drug-likeness (QED) is 0.448. The fourth-order valence-electron chi connectivity index (χ4n) is 3.44. The highest BCUT2D eigenvalue weighted by Gasteiger charge is 2.14. The largest absolute Gasteiger partial charge is 0.497 e. The molecule has 0 saturated carbocycles. The molecule has 4 heteroatoms. The zero-order chi connectivity index (χ0) is 21.0. The van der Waals surface area contributed by atoms with E-state index in [0.29, 0.717) is 26.0 Å². The topological polar surface area (TPSA) is 47.6 Å². The van der Waals surface area contributed by atoms with Crippen LogP contribution < -0.4 is 14.8 Å². The lowest BCUT2D eigenvalue weighted by Crippen LogP contribution is -2.26. The van der Waals surface area contributed by atoms with Crippen molar-refractivity contribution in [2.75, 3.05) is 20.3 Å². The zero-order valence-electron chi connectivity index (χ0n) is 17.4. The smallest absolute Gasteiger partial charge is 0.220 e. The number of benzene rings is 3. The Hall–Kier alpha value is -3.27. The van der Waals surface area contributed by atoms with E-state index in [0.717, 1.165) is 17.9 Å². The minimum atomic E-state index is 0.0632. The molecule has 30 heavy (non-hydrogen) atoms. The molecule has 3 aromatic carbocycles. The summed E-state index contributed by atoms with van der Waals surface area (Å²) in [5.41, 5.74) is 2.54. The molecule has 0 heterocycles. The molecule has 0 aliphatic rings. The molecule has 3 aromatic rings. The average molecular weight is 404 g/mol. The van der Waals surface area contributed by atoms with Crippen LogP contribution in [0.4, 0.5) is 0 Å². The van der Waals surface area contributed by atoms with Crippen LogP contribution in [0.2, 0.25) is 0 Å². The lowest BCUT2D eigenvalue weighted by atomic mass is 9.88. The lowest BCUT2D eigenvalue weighted by Gasteiger charge is -2.18. The molecule has 4 nitrogen and oxygen atoms in total. The Balaban J connectivity index is 1.41. The lowest BCUT2D eigenvalue weighted by molar-refractivity contribution is -0.121. The summed E-state index contributed by atoms with van der Waals surface area (Å²) < 4.78 is 10.8. The molecule has 0 saturated heterocycles. The van der Waals surface area contributed by atoms with Gasteiger partial charge in [0.15, 0.2) is 0 Å². The summed E-state index contributed by atoms with van der Waals surface area (Å²) >= 11 is 0. The van der Waals surface area contributed by atoms with Gasteiger partial charge in [-0.1, -0.05) is 60.7 Å². The Labute approximate surface area is 178 Å². The summed E-state index contributed by atoms with van der Waals surface area (Å²) in [6.45, 7) is 1.16. The van der Waals surface area contributed by atoms with E-state index < -0.39 is 0 Å². The molecule has 0 atom stereocenters. The van der Waals surface area contributed by atoms with Gasteiger partial charge in [0.25, 0.3) is 0 Å². The van der Waals surface area contributed by atoms with Crippen LogP contribution in [0.3, 0.4) is 0 Å². The SMILES string of the molecule is COc1ccc(OCCCC(=O)NCCC(c2ccccc2)c2ccccc2)cc1. The molecule has 0 fully saturated rings. The molecule has 0 radical (unpaired) electrons. The van der Waals surface area contributed by atoms with Crippen LogP contribution in [0.15, 0.2) is 84.9 Å². The van der Waals surface area contributed by atoms with E-state index in [1.165, 1.54) is 11.1 Å². The second-order valence-electron chi connectivity index (χ2n) is 7.14. The second-order valence-corrected chi connectivity index (χ2v) is 7.14. The van der Waals surface area contributed by atoms with Gasteiger partial charge in [-0.3, -0.25) is 4.79 Å². The van der Waals surface area contributed by atoms with Crippen LogP contribution in [0.5, 0.6) is 11.5 Å². The third-order valence-electron chi connectivity index (χ3n) is 5.04. The third kappa shape index (κ3) is 6.66. The standard InChI is InChI=1S/C26H29NO3/c1-29-23-14-16-24(17-15-23)30-20-8-13-26(28)27-19-18-25(21-9-4-2-5-10-21)22-11-6-3-7-12-22/h2-7,9-12,14-17,25H,8,13,18-20H2,1H3,(H,27,28). The number of hydrogen-bond acceptors (Lipinski definition) is 3. The third-order valence-corrected chi connectivity index (χ3v) is 5.04. The van der Waals surface area contributed by atoms with Crippen LogP contribution in [0.25, 0.3) is 0 Å². The number of ether oxygens (including phenoxy) is 2. The Morgan fingerprint density at radius 2 is 1.40 bits per heavy atom. The number of hydrogen-bond donors (Lipinski definition) is 1. The van der Waals surface area contributed by atoms with Gasteiger partial charge in [-0.15, -0.1) is 0 Å². The highest BCUT2D eigenvalue weighted by molar-refractivity contribution is 5.75. The molecule has 0 aliphatic carbocycles. The molecule has 0 aromatic heterocycles. The van der Waals surface area contributed by atoms with Gasteiger partial charge in [-0.2, -0.15) is 0 Å². The maximum Gasteiger partial charge on any atom is 0.220 e. The molecule has 156 valence electrons. The first kappa shape index (κ1) is 21.4. The molecule has 0 aliphatic heterocycles. The maximum absolute atomic E-state index is 12.2. The predicted molar refractivity (Wildman–Crippen MR) is 120 cm³/mol. The summed E-state index contributed by atoms with van der Waals surface area (Å²) in [7, 11) is 1.64. The number of amides is 1. The molecule has 0 bridgehead atoms.